The van der Waals surface area contributed by atoms with E-state index in [1.54, 1.807) is 84.9 Å². The molecule has 2 N–H and O–H groups in total. The smallest absolute Gasteiger partial charge is 0.331 e. The largest absolute Gasteiger partial charge is 0.479 e. The third kappa shape index (κ3) is 4.81. The average Bonchev–Trinajstić information content (AvgIpc) is 2.99. The van der Waals surface area contributed by atoms with E-state index in [0.29, 0.717) is 26.9 Å². The first kappa shape index (κ1) is 24.6. The average molecular weight is 531 g/mol. The minimum Gasteiger partial charge on any atom is -0.479 e. The summed E-state index contributed by atoms with van der Waals surface area (Å²) in [5, 5.41) is 14.2. The summed E-state index contributed by atoms with van der Waals surface area (Å²) in [7, 11) is 0. The monoisotopic (exact) mass is 530 g/mol. The van der Waals surface area contributed by atoms with Crippen LogP contribution in [-0.2, 0) is 9.59 Å². The minimum atomic E-state index is -1.43. The molecular formula is C29H20Cl2N2O4. The van der Waals surface area contributed by atoms with Crippen LogP contribution in [0, 0.1) is 0 Å². The lowest BCUT2D eigenvalue weighted by molar-refractivity contribution is -0.144. The summed E-state index contributed by atoms with van der Waals surface area (Å²) in [4.78, 5) is 41.6. The van der Waals surface area contributed by atoms with Crippen molar-refractivity contribution in [1.29, 1.82) is 0 Å². The van der Waals surface area contributed by atoms with E-state index in [4.69, 9.17) is 23.2 Å². The van der Waals surface area contributed by atoms with Crippen LogP contribution < -0.4 is 5.32 Å². The zero-order chi connectivity index (χ0) is 26.1. The Hall–Kier alpha value is -4.13. The fraction of sp³-hybridized carbons (Fsp3) is 0.0690. The quantitative estimate of drug-likeness (QED) is 0.303. The Kier molecular flexibility index (Phi) is 6.70. The third-order valence-corrected chi connectivity index (χ3v) is 6.76. The fourth-order valence-corrected chi connectivity index (χ4v) is 4.77. The number of carbonyl (C=O) groups is 3. The second kappa shape index (κ2) is 10.1. The lowest BCUT2D eigenvalue weighted by Gasteiger charge is -2.34. The molecule has 0 spiro atoms. The molecule has 0 bridgehead atoms. The van der Waals surface area contributed by atoms with Gasteiger partial charge in [0.25, 0.3) is 11.8 Å². The molecular weight excluding hydrogens is 511 g/mol. The fourth-order valence-electron chi connectivity index (χ4n) is 4.52. The van der Waals surface area contributed by atoms with Crippen molar-refractivity contribution >= 4 is 46.7 Å². The number of aliphatic carboxylic acids is 1. The third-order valence-electron chi connectivity index (χ3n) is 6.26. The molecule has 1 aliphatic rings. The summed E-state index contributed by atoms with van der Waals surface area (Å²) in [5.41, 5.74) is 2.81. The number of nitrogens with one attached hydrogen (secondary N) is 1. The van der Waals surface area contributed by atoms with E-state index in [-0.39, 0.29) is 5.56 Å². The summed E-state index contributed by atoms with van der Waals surface area (Å²) in [6.45, 7) is 0. The number of nitrogens with zero attached hydrogens (tertiary/aromatic N) is 1. The van der Waals surface area contributed by atoms with Gasteiger partial charge in [0, 0.05) is 10.0 Å². The van der Waals surface area contributed by atoms with Gasteiger partial charge in [-0.05, 0) is 58.7 Å². The number of carboxylic acids is 1. The highest BCUT2D eigenvalue weighted by Crippen LogP contribution is 2.39. The maximum Gasteiger partial charge on any atom is 0.331 e. The van der Waals surface area contributed by atoms with Crippen molar-refractivity contribution in [2.45, 2.75) is 12.1 Å². The van der Waals surface area contributed by atoms with Gasteiger partial charge in [-0.1, -0.05) is 83.9 Å². The molecule has 1 heterocycles. The lowest BCUT2D eigenvalue weighted by Crippen LogP contribution is -2.44. The van der Waals surface area contributed by atoms with E-state index in [1.165, 1.54) is 0 Å². The van der Waals surface area contributed by atoms with Gasteiger partial charge in [0.2, 0.25) is 0 Å². The standard InChI is InChI=1S/C29H20Cl2N2O4/c30-21-11-6-17(7-12-21)20-10-15-24-23(16-20)28(35)33(26(29(36)37)18-4-2-1-3-5-18)25(27(34)32-24)19-8-13-22(31)14-9-19/h1-16,25-26H,(H,32,34)(H,36,37). The summed E-state index contributed by atoms with van der Waals surface area (Å²) < 4.78 is 0. The van der Waals surface area contributed by atoms with Crippen LogP contribution in [0.4, 0.5) is 5.69 Å². The first-order chi connectivity index (χ1) is 17.8. The van der Waals surface area contributed by atoms with E-state index < -0.39 is 29.9 Å². The van der Waals surface area contributed by atoms with Crippen molar-refractivity contribution in [3.05, 3.63) is 124 Å². The van der Waals surface area contributed by atoms with Crippen molar-refractivity contribution in [3.8, 4) is 11.1 Å². The molecule has 2 amide bonds. The van der Waals surface area contributed by atoms with Gasteiger partial charge in [0.05, 0.1) is 11.3 Å². The second-order valence-electron chi connectivity index (χ2n) is 8.57. The van der Waals surface area contributed by atoms with Crippen LogP contribution in [0.25, 0.3) is 11.1 Å². The van der Waals surface area contributed by atoms with E-state index in [1.807, 2.05) is 12.1 Å². The van der Waals surface area contributed by atoms with Gasteiger partial charge in [-0.15, -0.1) is 0 Å². The molecule has 0 aliphatic carbocycles. The van der Waals surface area contributed by atoms with E-state index >= 15 is 0 Å². The van der Waals surface area contributed by atoms with Crippen molar-refractivity contribution in [2.75, 3.05) is 5.32 Å². The number of benzene rings is 4. The van der Waals surface area contributed by atoms with Crippen LogP contribution in [0.5, 0.6) is 0 Å². The lowest BCUT2D eigenvalue weighted by atomic mass is 9.97. The molecule has 37 heavy (non-hydrogen) atoms. The van der Waals surface area contributed by atoms with Gasteiger partial charge < -0.3 is 15.3 Å². The minimum absolute atomic E-state index is 0.180. The zero-order valence-electron chi connectivity index (χ0n) is 19.3. The predicted octanol–water partition coefficient (Wildman–Crippen LogP) is 6.62. The maximum atomic E-state index is 14.2. The molecule has 2 atom stereocenters. The van der Waals surface area contributed by atoms with E-state index in [2.05, 4.69) is 5.32 Å². The molecule has 1 aliphatic heterocycles. The number of hydrogen-bond acceptors (Lipinski definition) is 3. The summed E-state index contributed by atoms with van der Waals surface area (Å²) in [6.07, 6.45) is 0. The summed E-state index contributed by atoms with van der Waals surface area (Å²) in [5.74, 6) is -2.39. The number of amides is 2. The van der Waals surface area contributed by atoms with Crippen molar-refractivity contribution in [1.82, 2.24) is 4.90 Å². The first-order valence-corrected chi connectivity index (χ1v) is 12.2. The number of carboxylic acid groups (broad SMARTS) is 1. The maximum absolute atomic E-state index is 14.2. The van der Waals surface area contributed by atoms with Crippen LogP contribution in [0.3, 0.4) is 0 Å². The molecule has 0 fully saturated rings. The van der Waals surface area contributed by atoms with Crippen molar-refractivity contribution in [2.24, 2.45) is 0 Å². The molecule has 0 saturated carbocycles. The molecule has 0 aromatic heterocycles. The number of carbonyl (C=O) groups excluding carboxylic acids is 2. The molecule has 8 heteroatoms. The van der Waals surface area contributed by atoms with Crippen LogP contribution in [0.2, 0.25) is 10.0 Å². The number of anilines is 1. The molecule has 0 saturated heterocycles. The Bertz CT molecular complexity index is 1490. The molecule has 5 rings (SSSR count). The highest BCUT2D eigenvalue weighted by atomic mass is 35.5. The number of hydrogen-bond donors (Lipinski definition) is 2. The van der Waals surface area contributed by atoms with Gasteiger partial charge in [0.1, 0.15) is 6.04 Å². The molecule has 2 unspecified atom stereocenters. The summed E-state index contributed by atoms with van der Waals surface area (Å²) in [6, 6.07) is 24.4. The van der Waals surface area contributed by atoms with Gasteiger partial charge in [0.15, 0.2) is 6.04 Å². The Balaban J connectivity index is 1.70. The zero-order valence-corrected chi connectivity index (χ0v) is 20.8. The predicted molar refractivity (Wildman–Crippen MR) is 143 cm³/mol. The van der Waals surface area contributed by atoms with Gasteiger partial charge in [-0.2, -0.15) is 0 Å². The topological polar surface area (TPSA) is 86.7 Å². The molecule has 4 aromatic rings. The number of halogens is 2. The van der Waals surface area contributed by atoms with Gasteiger partial charge >= 0.3 is 5.97 Å². The van der Waals surface area contributed by atoms with Crippen molar-refractivity contribution in [3.63, 3.8) is 0 Å². The van der Waals surface area contributed by atoms with Crippen LogP contribution in [-0.4, -0.2) is 27.8 Å². The van der Waals surface area contributed by atoms with Crippen LogP contribution >= 0.6 is 23.2 Å². The number of rotatable bonds is 5. The Labute approximate surface area is 223 Å². The molecule has 0 radical (unpaired) electrons. The Morgan fingerprint density at radius 3 is 2.03 bits per heavy atom. The SMILES string of the molecule is O=C(O)C(c1ccccc1)N1C(=O)c2cc(-c3ccc(Cl)cc3)ccc2NC(=O)C1c1ccc(Cl)cc1. The highest BCUT2D eigenvalue weighted by Gasteiger charge is 2.43. The number of fused-ring (bicyclic) bond motifs is 1. The second-order valence-corrected chi connectivity index (χ2v) is 9.45. The normalized spacial score (nSPS) is 15.9. The van der Waals surface area contributed by atoms with Crippen molar-refractivity contribution < 1.29 is 19.5 Å². The highest BCUT2D eigenvalue weighted by molar-refractivity contribution is 6.31. The summed E-state index contributed by atoms with van der Waals surface area (Å²) >= 11 is 12.1. The molecule has 184 valence electrons. The van der Waals surface area contributed by atoms with Crippen LogP contribution in [0.15, 0.2) is 97.1 Å². The Morgan fingerprint density at radius 1 is 0.811 bits per heavy atom. The van der Waals surface area contributed by atoms with Gasteiger partial charge in [-0.25, -0.2) is 4.79 Å². The first-order valence-electron chi connectivity index (χ1n) is 11.4. The van der Waals surface area contributed by atoms with Gasteiger partial charge in [-0.3, -0.25) is 9.59 Å². The van der Waals surface area contributed by atoms with Crippen LogP contribution in [0.1, 0.15) is 33.6 Å². The van der Waals surface area contributed by atoms with E-state index in [9.17, 15) is 19.5 Å². The Morgan fingerprint density at radius 2 is 1.41 bits per heavy atom. The van der Waals surface area contributed by atoms with E-state index in [0.717, 1.165) is 16.0 Å². The molecule has 6 nitrogen and oxygen atoms in total. The molecule has 4 aromatic carbocycles.